The molecule has 0 radical (unpaired) electrons. The van der Waals surface area contributed by atoms with Crippen LogP contribution in [-0.2, 0) is 10.1 Å². The second kappa shape index (κ2) is 4.15. The van der Waals surface area contributed by atoms with E-state index >= 15 is 0 Å². The number of benzene rings is 1. The lowest BCUT2D eigenvalue weighted by Gasteiger charge is -2.27. The lowest BCUT2D eigenvalue weighted by atomic mass is 10.0. The number of hydrogen-bond acceptors (Lipinski definition) is 3. The van der Waals surface area contributed by atoms with E-state index in [0.717, 1.165) is 5.56 Å². The zero-order valence-electron chi connectivity index (χ0n) is 8.58. The number of hydrogen-bond donors (Lipinski definition) is 2. The van der Waals surface area contributed by atoms with Crippen molar-refractivity contribution in [1.29, 1.82) is 0 Å². The molecular weight excluding hydrogens is 232 g/mol. The summed E-state index contributed by atoms with van der Waals surface area (Å²) in [5.41, 5.74) is 0.767. The molecule has 15 heavy (non-hydrogen) atoms. The Labute approximate surface area is 95.7 Å². The highest BCUT2D eigenvalue weighted by atomic mass is 32.2. The molecule has 1 atom stereocenters. The first-order chi connectivity index (χ1) is 6.77. The summed E-state index contributed by atoms with van der Waals surface area (Å²) in [6.07, 6.45) is 0. The van der Waals surface area contributed by atoms with Crippen LogP contribution in [-0.4, -0.2) is 17.7 Å². The molecular formula is C10H14O3S2. The summed E-state index contributed by atoms with van der Waals surface area (Å²) in [4.78, 5) is 0. The predicted octanol–water partition coefficient (Wildman–Crippen LogP) is 2.32. The normalized spacial score (nSPS) is 14.9. The SMILES string of the molecule is CC(C)(C(S)c1ccccc1)S(=O)(=O)O. The summed E-state index contributed by atoms with van der Waals surface area (Å²) in [7, 11) is -4.13. The van der Waals surface area contributed by atoms with Crippen LogP contribution in [0.25, 0.3) is 0 Å². The van der Waals surface area contributed by atoms with Crippen LogP contribution in [0, 0.1) is 0 Å². The van der Waals surface area contributed by atoms with Gasteiger partial charge in [-0.3, -0.25) is 4.55 Å². The van der Waals surface area contributed by atoms with Crippen molar-refractivity contribution in [3.8, 4) is 0 Å². The summed E-state index contributed by atoms with van der Waals surface area (Å²) < 4.78 is 30.1. The van der Waals surface area contributed by atoms with E-state index in [1.165, 1.54) is 13.8 Å². The Morgan fingerprint density at radius 3 is 2.13 bits per heavy atom. The second-order valence-corrected chi connectivity index (χ2v) is 6.41. The molecule has 84 valence electrons. The molecule has 1 aromatic carbocycles. The third kappa shape index (κ3) is 2.53. The Bertz CT molecular complexity index is 423. The molecule has 1 unspecified atom stereocenters. The predicted molar refractivity (Wildman–Crippen MR) is 63.8 cm³/mol. The maximum atomic E-state index is 11.2. The van der Waals surface area contributed by atoms with Gasteiger partial charge < -0.3 is 0 Å². The summed E-state index contributed by atoms with van der Waals surface area (Å²) in [6, 6.07) is 9.01. The van der Waals surface area contributed by atoms with Crippen molar-refractivity contribution < 1.29 is 13.0 Å². The van der Waals surface area contributed by atoms with E-state index in [0.29, 0.717) is 0 Å². The van der Waals surface area contributed by atoms with Crippen molar-refractivity contribution in [3.63, 3.8) is 0 Å². The van der Waals surface area contributed by atoms with Crippen LogP contribution in [0.5, 0.6) is 0 Å². The Balaban J connectivity index is 3.11. The molecule has 0 amide bonds. The van der Waals surface area contributed by atoms with Gasteiger partial charge in [-0.1, -0.05) is 30.3 Å². The summed E-state index contributed by atoms with van der Waals surface area (Å²) in [6.45, 7) is 2.90. The van der Waals surface area contributed by atoms with Crippen LogP contribution in [0.4, 0.5) is 0 Å². The molecule has 0 aliphatic carbocycles. The van der Waals surface area contributed by atoms with Gasteiger partial charge in [0, 0.05) is 5.25 Å². The van der Waals surface area contributed by atoms with Gasteiger partial charge in [0.1, 0.15) is 4.75 Å². The fraction of sp³-hybridized carbons (Fsp3) is 0.400. The first-order valence-corrected chi connectivity index (χ1v) is 6.42. The zero-order valence-corrected chi connectivity index (χ0v) is 10.3. The van der Waals surface area contributed by atoms with Gasteiger partial charge in [-0.2, -0.15) is 21.0 Å². The first-order valence-electron chi connectivity index (χ1n) is 4.47. The summed E-state index contributed by atoms with van der Waals surface area (Å²) >= 11 is 4.25. The van der Waals surface area contributed by atoms with E-state index in [1.807, 2.05) is 6.07 Å². The minimum Gasteiger partial charge on any atom is -0.285 e. The minimum atomic E-state index is -4.13. The molecule has 0 aliphatic rings. The van der Waals surface area contributed by atoms with Gasteiger partial charge in [0.05, 0.1) is 0 Å². The standard InChI is InChI=1S/C10H14O3S2/c1-10(2,15(11,12)13)9(14)8-6-4-3-5-7-8/h3-7,9,14H,1-2H3,(H,11,12,13). The highest BCUT2D eigenvalue weighted by Crippen LogP contribution is 2.36. The Kier molecular flexibility index (Phi) is 3.48. The van der Waals surface area contributed by atoms with Gasteiger partial charge >= 0.3 is 0 Å². The van der Waals surface area contributed by atoms with Gasteiger partial charge in [-0.25, -0.2) is 0 Å². The molecule has 1 aromatic rings. The smallest absolute Gasteiger partial charge is 0.271 e. The lowest BCUT2D eigenvalue weighted by molar-refractivity contribution is 0.438. The molecule has 0 bridgehead atoms. The highest BCUT2D eigenvalue weighted by Gasteiger charge is 2.39. The van der Waals surface area contributed by atoms with E-state index in [1.54, 1.807) is 24.3 Å². The number of rotatable bonds is 3. The molecule has 1 N–H and O–H groups in total. The topological polar surface area (TPSA) is 54.4 Å². The third-order valence-corrected chi connectivity index (χ3v) is 5.12. The van der Waals surface area contributed by atoms with Gasteiger partial charge in [0.25, 0.3) is 10.1 Å². The van der Waals surface area contributed by atoms with Crippen molar-refractivity contribution in [2.75, 3.05) is 0 Å². The van der Waals surface area contributed by atoms with Crippen LogP contribution < -0.4 is 0 Å². The zero-order chi connectivity index (χ0) is 11.7. The minimum absolute atomic E-state index is 0.561. The highest BCUT2D eigenvalue weighted by molar-refractivity contribution is 7.89. The van der Waals surface area contributed by atoms with E-state index in [-0.39, 0.29) is 0 Å². The van der Waals surface area contributed by atoms with Crippen LogP contribution in [0.1, 0.15) is 24.7 Å². The summed E-state index contributed by atoms with van der Waals surface area (Å²) in [5, 5.41) is -0.561. The van der Waals surface area contributed by atoms with Crippen molar-refractivity contribution in [2.45, 2.75) is 23.8 Å². The van der Waals surface area contributed by atoms with Crippen LogP contribution in [0.15, 0.2) is 30.3 Å². The van der Waals surface area contributed by atoms with E-state index < -0.39 is 20.1 Å². The Morgan fingerprint density at radius 2 is 1.73 bits per heavy atom. The molecule has 0 fully saturated rings. The van der Waals surface area contributed by atoms with Crippen molar-refractivity contribution >= 4 is 22.7 Å². The van der Waals surface area contributed by atoms with Gasteiger partial charge in [0.2, 0.25) is 0 Å². The monoisotopic (exact) mass is 246 g/mol. The van der Waals surface area contributed by atoms with Crippen molar-refractivity contribution in [2.24, 2.45) is 0 Å². The fourth-order valence-corrected chi connectivity index (χ4v) is 2.17. The molecule has 0 aliphatic heterocycles. The van der Waals surface area contributed by atoms with Gasteiger partial charge in [-0.05, 0) is 19.4 Å². The molecule has 1 rings (SSSR count). The Hall–Kier alpha value is -0.520. The van der Waals surface area contributed by atoms with Crippen LogP contribution in [0.3, 0.4) is 0 Å². The Morgan fingerprint density at radius 1 is 1.27 bits per heavy atom. The van der Waals surface area contributed by atoms with Crippen molar-refractivity contribution in [1.82, 2.24) is 0 Å². The number of thiol groups is 1. The van der Waals surface area contributed by atoms with E-state index in [2.05, 4.69) is 12.6 Å². The molecule has 5 heteroatoms. The maximum Gasteiger partial charge on any atom is 0.271 e. The third-order valence-electron chi connectivity index (χ3n) is 2.44. The molecule has 0 spiro atoms. The molecule has 0 heterocycles. The molecule has 3 nitrogen and oxygen atoms in total. The van der Waals surface area contributed by atoms with Crippen molar-refractivity contribution in [3.05, 3.63) is 35.9 Å². The van der Waals surface area contributed by atoms with E-state index in [9.17, 15) is 8.42 Å². The van der Waals surface area contributed by atoms with Gasteiger partial charge in [-0.15, -0.1) is 0 Å². The van der Waals surface area contributed by atoms with Gasteiger partial charge in [0.15, 0.2) is 0 Å². The largest absolute Gasteiger partial charge is 0.285 e. The maximum absolute atomic E-state index is 11.2. The van der Waals surface area contributed by atoms with E-state index in [4.69, 9.17) is 4.55 Å². The molecule has 0 saturated heterocycles. The molecule has 0 aromatic heterocycles. The quantitative estimate of drug-likeness (QED) is 0.635. The average molecular weight is 246 g/mol. The summed E-state index contributed by atoms with van der Waals surface area (Å²) in [5.74, 6) is 0. The lowest BCUT2D eigenvalue weighted by Crippen LogP contribution is -2.35. The van der Waals surface area contributed by atoms with Crippen LogP contribution >= 0.6 is 12.6 Å². The second-order valence-electron chi connectivity index (χ2n) is 3.89. The molecule has 0 saturated carbocycles. The first kappa shape index (κ1) is 12.5. The average Bonchev–Trinajstić information content (AvgIpc) is 2.16. The van der Waals surface area contributed by atoms with Crippen LogP contribution in [0.2, 0.25) is 0 Å². The fourth-order valence-electron chi connectivity index (χ4n) is 1.18.